The summed E-state index contributed by atoms with van der Waals surface area (Å²) in [4.78, 5) is 12.4. The standard InChI is InChI=1S/C16H23BrN2O2.ClH/c1-16(18,12-6-8-13(17)9-7-12)15(21)19-10-11-4-2-3-5-14(11)20;/h6-9,11,14,20H,2-5,10,18H2,1H3,(H,19,21);1H. The molecule has 1 aliphatic carbocycles. The number of hydrogen-bond donors (Lipinski definition) is 3. The first-order chi connectivity index (χ1) is 9.91. The third-order valence-corrected chi connectivity index (χ3v) is 4.84. The van der Waals surface area contributed by atoms with Gasteiger partial charge in [0.25, 0.3) is 0 Å². The molecule has 124 valence electrons. The van der Waals surface area contributed by atoms with Crippen LogP contribution in [-0.2, 0) is 10.3 Å². The summed E-state index contributed by atoms with van der Waals surface area (Å²) in [6, 6.07) is 7.44. The van der Waals surface area contributed by atoms with Crippen molar-refractivity contribution in [3.05, 3.63) is 34.3 Å². The van der Waals surface area contributed by atoms with Gasteiger partial charge in [0.05, 0.1) is 6.10 Å². The highest BCUT2D eigenvalue weighted by Crippen LogP contribution is 2.24. The van der Waals surface area contributed by atoms with Crippen LogP contribution in [0.4, 0.5) is 0 Å². The maximum atomic E-state index is 12.4. The van der Waals surface area contributed by atoms with E-state index < -0.39 is 5.54 Å². The van der Waals surface area contributed by atoms with Crippen molar-refractivity contribution >= 4 is 34.2 Å². The fourth-order valence-corrected chi connectivity index (χ4v) is 3.03. The minimum atomic E-state index is -1.07. The lowest BCUT2D eigenvalue weighted by molar-refractivity contribution is -0.126. The van der Waals surface area contributed by atoms with E-state index in [1.165, 1.54) is 0 Å². The van der Waals surface area contributed by atoms with Crippen LogP contribution in [0.2, 0.25) is 0 Å². The number of carbonyl (C=O) groups is 1. The molecule has 3 atom stereocenters. The number of halogens is 2. The first-order valence-corrected chi connectivity index (χ1v) is 8.22. The van der Waals surface area contributed by atoms with Crippen molar-refractivity contribution in [3.63, 3.8) is 0 Å². The molecule has 1 aliphatic rings. The maximum Gasteiger partial charge on any atom is 0.244 e. The predicted molar refractivity (Wildman–Crippen MR) is 93.9 cm³/mol. The van der Waals surface area contributed by atoms with Crippen LogP contribution in [0.15, 0.2) is 28.7 Å². The quantitative estimate of drug-likeness (QED) is 0.738. The molecule has 6 heteroatoms. The first kappa shape index (κ1) is 19.4. The molecule has 22 heavy (non-hydrogen) atoms. The summed E-state index contributed by atoms with van der Waals surface area (Å²) in [6.07, 6.45) is 3.66. The SMILES string of the molecule is CC(N)(C(=O)NCC1CCCCC1O)c1ccc(Br)cc1.Cl. The largest absolute Gasteiger partial charge is 0.393 e. The second-order valence-corrected chi connectivity index (χ2v) is 6.95. The summed E-state index contributed by atoms with van der Waals surface area (Å²) in [5.41, 5.74) is 5.89. The van der Waals surface area contributed by atoms with Crippen molar-refractivity contribution in [3.8, 4) is 0 Å². The Morgan fingerprint density at radius 3 is 2.55 bits per heavy atom. The summed E-state index contributed by atoms with van der Waals surface area (Å²) in [5.74, 6) is -0.0639. The van der Waals surface area contributed by atoms with Gasteiger partial charge < -0.3 is 16.2 Å². The number of hydrogen-bond acceptors (Lipinski definition) is 3. The van der Waals surface area contributed by atoms with E-state index in [1.54, 1.807) is 6.92 Å². The molecule has 0 bridgehead atoms. The fourth-order valence-electron chi connectivity index (χ4n) is 2.76. The summed E-state index contributed by atoms with van der Waals surface area (Å²) in [7, 11) is 0. The molecular weight excluding hydrogens is 368 g/mol. The van der Waals surface area contributed by atoms with Crippen molar-refractivity contribution in [2.24, 2.45) is 11.7 Å². The van der Waals surface area contributed by atoms with Gasteiger partial charge in [-0.2, -0.15) is 0 Å². The zero-order valence-corrected chi connectivity index (χ0v) is 15.1. The lowest BCUT2D eigenvalue weighted by Gasteiger charge is -2.30. The second-order valence-electron chi connectivity index (χ2n) is 6.03. The van der Waals surface area contributed by atoms with Crippen molar-refractivity contribution < 1.29 is 9.90 Å². The number of nitrogens with one attached hydrogen (secondary N) is 1. The van der Waals surface area contributed by atoms with E-state index in [-0.39, 0.29) is 30.3 Å². The van der Waals surface area contributed by atoms with E-state index in [9.17, 15) is 9.90 Å². The van der Waals surface area contributed by atoms with Gasteiger partial charge in [-0.1, -0.05) is 40.9 Å². The third kappa shape index (κ3) is 4.69. The zero-order chi connectivity index (χ0) is 15.5. The summed E-state index contributed by atoms with van der Waals surface area (Å²) < 4.78 is 0.952. The molecule has 4 nitrogen and oxygen atoms in total. The summed E-state index contributed by atoms with van der Waals surface area (Å²) in [6.45, 7) is 2.20. The molecule has 0 radical (unpaired) electrons. The Morgan fingerprint density at radius 1 is 1.36 bits per heavy atom. The van der Waals surface area contributed by atoms with E-state index in [1.807, 2.05) is 24.3 Å². The Bertz CT molecular complexity index is 493. The number of amides is 1. The summed E-state index contributed by atoms with van der Waals surface area (Å²) >= 11 is 3.37. The van der Waals surface area contributed by atoms with Crippen LogP contribution in [0.3, 0.4) is 0 Å². The molecule has 0 heterocycles. The van der Waals surface area contributed by atoms with E-state index in [4.69, 9.17) is 5.73 Å². The van der Waals surface area contributed by atoms with E-state index in [0.29, 0.717) is 6.54 Å². The minimum absolute atomic E-state index is 0. The van der Waals surface area contributed by atoms with Crippen molar-refractivity contribution in [1.82, 2.24) is 5.32 Å². The van der Waals surface area contributed by atoms with E-state index in [0.717, 1.165) is 35.7 Å². The van der Waals surface area contributed by atoms with Crippen molar-refractivity contribution in [2.75, 3.05) is 6.54 Å². The van der Waals surface area contributed by atoms with Crippen LogP contribution in [0.25, 0.3) is 0 Å². The Hall–Kier alpha value is -0.620. The molecule has 1 aromatic carbocycles. The Morgan fingerprint density at radius 2 is 1.95 bits per heavy atom. The lowest BCUT2D eigenvalue weighted by Crippen LogP contribution is -2.51. The van der Waals surface area contributed by atoms with Crippen LogP contribution < -0.4 is 11.1 Å². The fraction of sp³-hybridized carbons (Fsp3) is 0.562. The molecule has 0 spiro atoms. The van der Waals surface area contributed by atoms with Gasteiger partial charge in [0, 0.05) is 16.9 Å². The Kier molecular flexibility index (Phi) is 7.32. The number of aliphatic hydroxyl groups excluding tert-OH is 1. The number of benzene rings is 1. The highest BCUT2D eigenvalue weighted by molar-refractivity contribution is 9.10. The van der Waals surface area contributed by atoms with Crippen molar-refractivity contribution in [2.45, 2.75) is 44.2 Å². The number of nitrogens with two attached hydrogens (primary N) is 1. The highest BCUT2D eigenvalue weighted by atomic mass is 79.9. The average molecular weight is 392 g/mol. The predicted octanol–water partition coefficient (Wildman–Crippen LogP) is 2.71. The van der Waals surface area contributed by atoms with Gasteiger partial charge in [-0.15, -0.1) is 12.4 Å². The van der Waals surface area contributed by atoms with Gasteiger partial charge in [0.15, 0.2) is 0 Å². The molecule has 0 aliphatic heterocycles. The van der Waals surface area contributed by atoms with Crippen LogP contribution >= 0.6 is 28.3 Å². The monoisotopic (exact) mass is 390 g/mol. The van der Waals surface area contributed by atoms with Gasteiger partial charge in [0.2, 0.25) is 5.91 Å². The van der Waals surface area contributed by atoms with Crippen LogP contribution in [-0.4, -0.2) is 23.7 Å². The molecule has 1 aromatic rings. The molecule has 1 fully saturated rings. The molecule has 4 N–H and O–H groups in total. The molecule has 1 amide bonds. The number of carbonyl (C=O) groups excluding carboxylic acids is 1. The molecule has 0 saturated heterocycles. The van der Waals surface area contributed by atoms with Gasteiger partial charge in [-0.25, -0.2) is 0 Å². The highest BCUT2D eigenvalue weighted by Gasteiger charge is 2.31. The van der Waals surface area contributed by atoms with Gasteiger partial charge in [0.1, 0.15) is 5.54 Å². The van der Waals surface area contributed by atoms with Crippen LogP contribution in [0, 0.1) is 5.92 Å². The normalized spacial score (nSPS) is 24.0. The van der Waals surface area contributed by atoms with Crippen LogP contribution in [0.1, 0.15) is 38.2 Å². The molecule has 1 saturated carbocycles. The average Bonchev–Trinajstić information content (AvgIpc) is 2.46. The number of rotatable bonds is 4. The van der Waals surface area contributed by atoms with Crippen LogP contribution in [0.5, 0.6) is 0 Å². The van der Waals surface area contributed by atoms with E-state index in [2.05, 4.69) is 21.2 Å². The van der Waals surface area contributed by atoms with E-state index >= 15 is 0 Å². The molecular formula is C16H24BrClN2O2. The number of aliphatic hydroxyl groups is 1. The first-order valence-electron chi connectivity index (χ1n) is 7.42. The zero-order valence-electron chi connectivity index (χ0n) is 12.7. The topological polar surface area (TPSA) is 75.4 Å². The third-order valence-electron chi connectivity index (χ3n) is 4.31. The summed E-state index contributed by atoms with van der Waals surface area (Å²) in [5, 5.41) is 12.8. The molecule has 2 rings (SSSR count). The lowest BCUT2D eigenvalue weighted by atomic mass is 9.86. The maximum absolute atomic E-state index is 12.4. The molecule has 3 unspecified atom stereocenters. The second kappa shape index (κ2) is 8.29. The van der Waals surface area contributed by atoms with Crippen molar-refractivity contribution in [1.29, 1.82) is 0 Å². The van der Waals surface area contributed by atoms with Gasteiger partial charge in [-0.3, -0.25) is 4.79 Å². The van der Waals surface area contributed by atoms with Gasteiger partial charge >= 0.3 is 0 Å². The van der Waals surface area contributed by atoms with Gasteiger partial charge in [-0.05, 0) is 37.5 Å². The molecule has 0 aromatic heterocycles. The minimum Gasteiger partial charge on any atom is -0.393 e. The Balaban J connectivity index is 0.00000242. The Labute approximate surface area is 146 Å². The smallest absolute Gasteiger partial charge is 0.244 e.